The number of aromatic nitrogens is 3. The molecule has 3 aliphatic rings. The van der Waals surface area contributed by atoms with Crippen LogP contribution in [0.15, 0.2) is 36.5 Å². The number of fused-ring (bicyclic) bond motifs is 3. The molecule has 0 spiro atoms. The normalized spacial score (nSPS) is 26.3. The van der Waals surface area contributed by atoms with E-state index in [9.17, 15) is 14.8 Å². The molecule has 0 saturated heterocycles. The fourth-order valence-electron chi connectivity index (χ4n) is 6.56. The largest absolute Gasteiger partial charge is 0.382 e. The van der Waals surface area contributed by atoms with Gasteiger partial charge in [-0.1, -0.05) is 29.3 Å². The van der Waals surface area contributed by atoms with E-state index in [-0.39, 0.29) is 29.0 Å². The molecule has 7 rings (SSSR count). The number of nitrogens with zero attached hydrogens (tertiary/aromatic N) is 4. The number of aliphatic hydroxyl groups is 1. The van der Waals surface area contributed by atoms with Crippen molar-refractivity contribution in [2.24, 2.45) is 11.8 Å². The van der Waals surface area contributed by atoms with E-state index in [1.165, 1.54) is 23.0 Å². The SMILES string of the molecule is N#Cc1cc(F)c2nc([C@]3(O)[C@@H]4CC[C@H]3C[C@H](OCc3c(C5CC5)cnn3-c3c(Cl)cccc3Cl)C4)sc2c1. The van der Waals surface area contributed by atoms with Crippen LogP contribution in [0.5, 0.6) is 0 Å². The predicted molar refractivity (Wildman–Crippen MR) is 148 cm³/mol. The highest BCUT2D eigenvalue weighted by Gasteiger charge is 2.56. The maximum atomic E-state index is 14.6. The van der Waals surface area contributed by atoms with Crippen molar-refractivity contribution in [1.29, 1.82) is 5.26 Å². The predicted octanol–water partition coefficient (Wildman–Crippen LogP) is 7.27. The van der Waals surface area contributed by atoms with Crippen LogP contribution in [0.25, 0.3) is 15.9 Å². The lowest BCUT2D eigenvalue weighted by Crippen LogP contribution is -2.44. The molecule has 6 nitrogen and oxygen atoms in total. The van der Waals surface area contributed by atoms with Gasteiger partial charge in [-0.05, 0) is 86.1 Å². The van der Waals surface area contributed by atoms with E-state index in [1.807, 2.05) is 23.0 Å². The van der Waals surface area contributed by atoms with Crippen LogP contribution in [0.2, 0.25) is 10.0 Å². The molecule has 39 heavy (non-hydrogen) atoms. The molecule has 0 radical (unpaired) electrons. The van der Waals surface area contributed by atoms with Crippen molar-refractivity contribution >= 4 is 44.8 Å². The molecule has 3 saturated carbocycles. The van der Waals surface area contributed by atoms with Crippen molar-refractivity contribution in [2.45, 2.75) is 62.8 Å². The average Bonchev–Trinajstić information content (AvgIpc) is 3.49. The van der Waals surface area contributed by atoms with E-state index in [2.05, 4.69) is 10.1 Å². The zero-order valence-corrected chi connectivity index (χ0v) is 23.2. The molecule has 2 aromatic carbocycles. The van der Waals surface area contributed by atoms with Gasteiger partial charge >= 0.3 is 0 Å². The van der Waals surface area contributed by atoms with E-state index >= 15 is 0 Å². The van der Waals surface area contributed by atoms with Gasteiger partial charge in [0.05, 0.1) is 51.0 Å². The number of halogens is 3. The summed E-state index contributed by atoms with van der Waals surface area (Å²) in [4.78, 5) is 4.54. The van der Waals surface area contributed by atoms with E-state index in [4.69, 9.17) is 27.9 Å². The highest BCUT2D eigenvalue weighted by Crippen LogP contribution is 2.57. The highest BCUT2D eigenvalue weighted by molar-refractivity contribution is 7.18. The zero-order chi connectivity index (χ0) is 26.9. The molecular weight excluding hydrogens is 558 g/mol. The molecule has 2 aromatic heterocycles. The molecule has 0 amide bonds. The Hall–Kier alpha value is -2.54. The maximum Gasteiger partial charge on any atom is 0.151 e. The average molecular weight is 584 g/mol. The number of para-hydroxylation sites is 1. The Bertz CT molecular complexity index is 1610. The van der Waals surface area contributed by atoms with Crippen LogP contribution in [0.3, 0.4) is 0 Å². The molecule has 2 bridgehead atoms. The van der Waals surface area contributed by atoms with E-state index in [1.54, 1.807) is 18.2 Å². The van der Waals surface area contributed by atoms with Gasteiger partial charge in [-0.2, -0.15) is 10.4 Å². The first-order valence-corrected chi connectivity index (χ1v) is 14.8. The molecule has 10 heteroatoms. The van der Waals surface area contributed by atoms with Gasteiger partial charge in [0, 0.05) is 0 Å². The monoisotopic (exact) mass is 582 g/mol. The third-order valence-corrected chi connectivity index (χ3v) is 10.4. The van der Waals surface area contributed by atoms with Crippen LogP contribution in [0.1, 0.15) is 66.3 Å². The van der Waals surface area contributed by atoms with Crippen LogP contribution in [0.4, 0.5) is 4.39 Å². The lowest BCUT2D eigenvalue weighted by atomic mass is 9.73. The van der Waals surface area contributed by atoms with Gasteiger partial charge in [0.1, 0.15) is 21.8 Å². The number of rotatable bonds is 6. The van der Waals surface area contributed by atoms with Crippen molar-refractivity contribution < 1.29 is 14.2 Å². The van der Waals surface area contributed by atoms with E-state index in [0.717, 1.165) is 31.4 Å². The van der Waals surface area contributed by atoms with E-state index < -0.39 is 11.4 Å². The number of thiazole rings is 1. The second kappa shape index (κ2) is 9.53. The lowest BCUT2D eigenvalue weighted by molar-refractivity contribution is -0.116. The van der Waals surface area contributed by atoms with Gasteiger partial charge < -0.3 is 9.84 Å². The summed E-state index contributed by atoms with van der Waals surface area (Å²) >= 11 is 14.3. The van der Waals surface area contributed by atoms with Gasteiger partial charge in [-0.15, -0.1) is 11.3 Å². The molecule has 4 atom stereocenters. The second-order valence-corrected chi connectivity index (χ2v) is 12.8. The van der Waals surface area contributed by atoms with Crippen molar-refractivity contribution in [3.63, 3.8) is 0 Å². The van der Waals surface area contributed by atoms with Gasteiger partial charge in [0.25, 0.3) is 0 Å². The number of hydrogen-bond donors (Lipinski definition) is 1. The first-order chi connectivity index (χ1) is 18.9. The topological polar surface area (TPSA) is 84.0 Å². The molecule has 0 aliphatic heterocycles. The number of nitriles is 1. The Morgan fingerprint density at radius 2 is 1.87 bits per heavy atom. The summed E-state index contributed by atoms with van der Waals surface area (Å²) in [6, 6.07) is 10.3. The second-order valence-electron chi connectivity index (χ2n) is 10.9. The Morgan fingerprint density at radius 1 is 1.15 bits per heavy atom. The molecule has 2 heterocycles. The van der Waals surface area contributed by atoms with Crippen molar-refractivity contribution in [3.05, 3.63) is 74.2 Å². The van der Waals surface area contributed by atoms with Gasteiger partial charge in [0.2, 0.25) is 0 Å². The Labute approximate surface area is 238 Å². The number of benzene rings is 2. The minimum absolute atomic E-state index is 0.0313. The van der Waals surface area contributed by atoms with Crippen LogP contribution < -0.4 is 0 Å². The first kappa shape index (κ1) is 25.4. The molecule has 200 valence electrons. The van der Waals surface area contributed by atoms with Crippen LogP contribution in [-0.2, 0) is 16.9 Å². The Morgan fingerprint density at radius 3 is 2.54 bits per heavy atom. The fraction of sp³-hybridized carbons (Fsp3) is 0.414. The van der Waals surface area contributed by atoms with Gasteiger partial charge in [-0.3, -0.25) is 0 Å². The lowest BCUT2D eigenvalue weighted by Gasteiger charge is -2.41. The first-order valence-electron chi connectivity index (χ1n) is 13.2. The van der Waals surface area contributed by atoms with E-state index in [0.29, 0.717) is 50.8 Å². The van der Waals surface area contributed by atoms with Crippen LogP contribution in [0, 0.1) is 29.0 Å². The highest BCUT2D eigenvalue weighted by atomic mass is 35.5. The maximum absolute atomic E-state index is 14.6. The zero-order valence-electron chi connectivity index (χ0n) is 20.9. The molecule has 1 N–H and O–H groups in total. The quantitative estimate of drug-likeness (QED) is 0.258. The third kappa shape index (κ3) is 4.18. The summed E-state index contributed by atoms with van der Waals surface area (Å²) in [5, 5.41) is 27.4. The van der Waals surface area contributed by atoms with Gasteiger partial charge in [0.15, 0.2) is 5.82 Å². The third-order valence-electron chi connectivity index (χ3n) is 8.65. The number of ether oxygens (including phenoxy) is 1. The Kier molecular flexibility index (Phi) is 6.22. The minimum atomic E-state index is -1.12. The summed E-state index contributed by atoms with van der Waals surface area (Å²) in [6.07, 6.45) is 7.25. The summed E-state index contributed by atoms with van der Waals surface area (Å²) < 4.78 is 23.6. The van der Waals surface area contributed by atoms with Crippen molar-refractivity contribution in [3.8, 4) is 11.8 Å². The summed E-state index contributed by atoms with van der Waals surface area (Å²) in [5.41, 5.74) is 2.16. The van der Waals surface area contributed by atoms with Crippen LogP contribution >= 0.6 is 34.5 Å². The minimum Gasteiger partial charge on any atom is -0.382 e. The molecule has 0 unspecified atom stereocenters. The standard InChI is InChI=1S/C29H25Cl2FN4O2S/c30-21-2-1-3-22(31)27(21)36-24(20(13-34-36)16-4-5-16)14-38-19-10-17-6-7-18(11-19)29(17,37)28-35-26-23(32)8-15(12-33)9-25(26)39-28/h1-3,8-9,13,16-19,37H,4-7,10-11,14H2/t17-,18+,19-,29+. The molecular formula is C29H25Cl2FN4O2S. The van der Waals surface area contributed by atoms with Crippen molar-refractivity contribution in [1.82, 2.24) is 14.8 Å². The van der Waals surface area contributed by atoms with Crippen LogP contribution in [-0.4, -0.2) is 26.0 Å². The summed E-state index contributed by atoms with van der Waals surface area (Å²) in [6.45, 7) is 0.374. The van der Waals surface area contributed by atoms with Gasteiger partial charge in [-0.25, -0.2) is 14.1 Å². The molecule has 3 fully saturated rings. The fourth-order valence-corrected chi connectivity index (χ4v) is 8.38. The van der Waals surface area contributed by atoms with Crippen molar-refractivity contribution in [2.75, 3.05) is 0 Å². The molecule has 3 aliphatic carbocycles. The summed E-state index contributed by atoms with van der Waals surface area (Å²) in [5.74, 6) is -0.120. The summed E-state index contributed by atoms with van der Waals surface area (Å²) in [7, 11) is 0. The number of hydrogen-bond acceptors (Lipinski definition) is 6. The smallest absolute Gasteiger partial charge is 0.151 e. The molecule has 4 aromatic rings. The Balaban J connectivity index is 1.14.